The molecule has 2 rings (SSSR count). The van der Waals surface area contributed by atoms with Gasteiger partial charge < -0.3 is 15.2 Å². The smallest absolute Gasteiger partial charge is 0.220 e. The Bertz CT molecular complexity index is 433. The number of rotatable bonds is 4. The predicted molar refractivity (Wildman–Crippen MR) is 68.4 cm³/mol. The van der Waals surface area contributed by atoms with E-state index in [0.717, 1.165) is 12.0 Å². The molecule has 4 heteroatoms. The Kier molecular flexibility index (Phi) is 3.87. The van der Waals surface area contributed by atoms with E-state index in [1.807, 2.05) is 31.2 Å². The van der Waals surface area contributed by atoms with Crippen LogP contribution in [0.2, 0.25) is 0 Å². The van der Waals surface area contributed by atoms with Gasteiger partial charge in [-0.3, -0.25) is 4.79 Å². The molecular weight excluding hydrogens is 230 g/mol. The SMILES string of the molecule is CCCC(=O)NCC1(O)CCOc2ccccc21. The first-order valence-electron chi connectivity index (χ1n) is 6.37. The summed E-state index contributed by atoms with van der Waals surface area (Å²) in [6, 6.07) is 7.43. The van der Waals surface area contributed by atoms with Crippen molar-refractivity contribution >= 4 is 5.91 Å². The minimum Gasteiger partial charge on any atom is -0.493 e. The molecule has 0 radical (unpaired) electrons. The molecule has 18 heavy (non-hydrogen) atoms. The summed E-state index contributed by atoms with van der Waals surface area (Å²) in [6.45, 7) is 2.67. The van der Waals surface area contributed by atoms with Crippen LogP contribution in [0.15, 0.2) is 24.3 Å². The summed E-state index contributed by atoms with van der Waals surface area (Å²) < 4.78 is 5.50. The minimum atomic E-state index is -1.02. The first-order valence-corrected chi connectivity index (χ1v) is 6.37. The van der Waals surface area contributed by atoms with E-state index in [-0.39, 0.29) is 12.5 Å². The van der Waals surface area contributed by atoms with Gasteiger partial charge in [-0.2, -0.15) is 0 Å². The molecule has 0 saturated heterocycles. The van der Waals surface area contributed by atoms with Crippen molar-refractivity contribution in [3.8, 4) is 5.75 Å². The molecule has 1 atom stereocenters. The van der Waals surface area contributed by atoms with Crippen LogP contribution in [-0.4, -0.2) is 24.2 Å². The largest absolute Gasteiger partial charge is 0.493 e. The molecule has 0 saturated carbocycles. The van der Waals surface area contributed by atoms with Gasteiger partial charge in [0.25, 0.3) is 0 Å². The Balaban J connectivity index is 2.10. The Labute approximate surface area is 107 Å². The normalized spacial score (nSPS) is 21.9. The molecule has 0 bridgehead atoms. The zero-order valence-electron chi connectivity index (χ0n) is 10.6. The molecule has 0 aromatic heterocycles. The van der Waals surface area contributed by atoms with Gasteiger partial charge in [-0.15, -0.1) is 0 Å². The van der Waals surface area contributed by atoms with Crippen molar-refractivity contribution in [3.63, 3.8) is 0 Å². The monoisotopic (exact) mass is 249 g/mol. The second-order valence-corrected chi connectivity index (χ2v) is 4.65. The van der Waals surface area contributed by atoms with Crippen molar-refractivity contribution in [3.05, 3.63) is 29.8 Å². The van der Waals surface area contributed by atoms with Crippen LogP contribution in [-0.2, 0) is 10.4 Å². The number of para-hydroxylation sites is 1. The van der Waals surface area contributed by atoms with Crippen molar-refractivity contribution in [2.45, 2.75) is 31.8 Å². The Hall–Kier alpha value is -1.55. The Morgan fingerprint density at radius 2 is 2.28 bits per heavy atom. The first kappa shape index (κ1) is 12.9. The molecule has 4 nitrogen and oxygen atoms in total. The number of hydrogen-bond acceptors (Lipinski definition) is 3. The number of carbonyl (C=O) groups is 1. The molecule has 1 unspecified atom stereocenters. The molecule has 2 N–H and O–H groups in total. The number of ether oxygens (including phenoxy) is 1. The molecule has 1 aromatic rings. The third-order valence-corrected chi connectivity index (χ3v) is 3.22. The number of fused-ring (bicyclic) bond motifs is 1. The number of benzene rings is 1. The minimum absolute atomic E-state index is 0.0186. The van der Waals surface area contributed by atoms with Gasteiger partial charge >= 0.3 is 0 Å². The number of carbonyl (C=O) groups excluding carboxylic acids is 1. The highest BCUT2D eigenvalue weighted by molar-refractivity contribution is 5.75. The summed E-state index contributed by atoms with van der Waals surface area (Å²) in [6.07, 6.45) is 1.80. The lowest BCUT2D eigenvalue weighted by Gasteiger charge is -2.34. The molecular formula is C14H19NO3. The van der Waals surface area contributed by atoms with Gasteiger partial charge in [-0.25, -0.2) is 0 Å². The highest BCUT2D eigenvalue weighted by Crippen LogP contribution is 2.36. The number of hydrogen-bond donors (Lipinski definition) is 2. The summed E-state index contributed by atoms with van der Waals surface area (Å²) in [7, 11) is 0. The summed E-state index contributed by atoms with van der Waals surface area (Å²) >= 11 is 0. The van der Waals surface area contributed by atoms with E-state index in [1.165, 1.54) is 0 Å². The van der Waals surface area contributed by atoms with Crippen molar-refractivity contribution < 1.29 is 14.6 Å². The van der Waals surface area contributed by atoms with Gasteiger partial charge in [0.2, 0.25) is 5.91 Å². The quantitative estimate of drug-likeness (QED) is 0.851. The van der Waals surface area contributed by atoms with E-state index >= 15 is 0 Å². The third-order valence-electron chi connectivity index (χ3n) is 3.22. The van der Waals surface area contributed by atoms with Crippen LogP contribution in [0, 0.1) is 0 Å². The number of amides is 1. The fraction of sp³-hybridized carbons (Fsp3) is 0.500. The first-order chi connectivity index (χ1) is 8.65. The summed E-state index contributed by atoms with van der Waals surface area (Å²) in [5.41, 5.74) is -0.258. The molecule has 1 aromatic carbocycles. The molecule has 1 amide bonds. The van der Waals surface area contributed by atoms with Crippen molar-refractivity contribution in [2.24, 2.45) is 0 Å². The molecule has 0 aliphatic carbocycles. The fourth-order valence-corrected chi connectivity index (χ4v) is 2.19. The second-order valence-electron chi connectivity index (χ2n) is 4.65. The standard InChI is InChI=1S/C14H19NO3/c1-2-5-13(16)15-10-14(17)8-9-18-12-7-4-3-6-11(12)14/h3-4,6-7,17H,2,5,8-10H2,1H3,(H,15,16). The van der Waals surface area contributed by atoms with E-state index in [1.54, 1.807) is 0 Å². The van der Waals surface area contributed by atoms with Crippen LogP contribution in [0.5, 0.6) is 5.75 Å². The maximum absolute atomic E-state index is 11.5. The van der Waals surface area contributed by atoms with Crippen LogP contribution >= 0.6 is 0 Å². The lowest BCUT2D eigenvalue weighted by Crippen LogP contribution is -2.43. The van der Waals surface area contributed by atoms with Crippen LogP contribution in [0.1, 0.15) is 31.7 Å². The lowest BCUT2D eigenvalue weighted by atomic mass is 9.88. The van der Waals surface area contributed by atoms with Crippen molar-refractivity contribution in [1.29, 1.82) is 0 Å². The Morgan fingerprint density at radius 3 is 3.06 bits per heavy atom. The molecule has 1 aliphatic rings. The topological polar surface area (TPSA) is 58.6 Å². The number of nitrogens with one attached hydrogen (secondary N) is 1. The summed E-state index contributed by atoms with van der Waals surface area (Å²) in [5.74, 6) is 0.686. The molecule has 0 fully saturated rings. The summed E-state index contributed by atoms with van der Waals surface area (Å²) in [4.78, 5) is 11.5. The zero-order valence-corrected chi connectivity index (χ0v) is 10.6. The van der Waals surface area contributed by atoms with E-state index in [4.69, 9.17) is 4.74 Å². The van der Waals surface area contributed by atoms with Gasteiger partial charge in [0.05, 0.1) is 13.2 Å². The van der Waals surface area contributed by atoms with E-state index in [9.17, 15) is 9.90 Å². The second kappa shape index (κ2) is 5.40. The summed E-state index contributed by atoms with van der Waals surface area (Å²) in [5, 5.41) is 13.4. The molecule has 98 valence electrons. The maximum atomic E-state index is 11.5. The third kappa shape index (κ3) is 2.64. The van der Waals surface area contributed by atoms with Gasteiger partial charge in [0, 0.05) is 18.4 Å². The van der Waals surface area contributed by atoms with E-state index in [2.05, 4.69) is 5.32 Å². The molecule has 1 aliphatic heterocycles. The Morgan fingerprint density at radius 1 is 1.50 bits per heavy atom. The number of aliphatic hydroxyl groups is 1. The highest BCUT2D eigenvalue weighted by atomic mass is 16.5. The molecule has 1 heterocycles. The van der Waals surface area contributed by atoms with E-state index in [0.29, 0.717) is 25.2 Å². The van der Waals surface area contributed by atoms with E-state index < -0.39 is 5.60 Å². The average Bonchev–Trinajstić information content (AvgIpc) is 2.38. The van der Waals surface area contributed by atoms with Gasteiger partial charge in [-0.1, -0.05) is 25.1 Å². The maximum Gasteiger partial charge on any atom is 0.220 e. The van der Waals surface area contributed by atoms with Crippen molar-refractivity contribution in [1.82, 2.24) is 5.32 Å². The zero-order chi connectivity index (χ0) is 13.0. The lowest BCUT2D eigenvalue weighted by molar-refractivity contribution is -0.122. The predicted octanol–water partition coefficient (Wildman–Crippen LogP) is 1.57. The highest BCUT2D eigenvalue weighted by Gasteiger charge is 2.35. The van der Waals surface area contributed by atoms with Gasteiger partial charge in [0.1, 0.15) is 11.4 Å². The van der Waals surface area contributed by atoms with Crippen LogP contribution in [0.3, 0.4) is 0 Å². The van der Waals surface area contributed by atoms with Crippen LogP contribution < -0.4 is 10.1 Å². The van der Waals surface area contributed by atoms with Crippen LogP contribution in [0.4, 0.5) is 0 Å². The van der Waals surface area contributed by atoms with Crippen molar-refractivity contribution in [2.75, 3.05) is 13.2 Å². The van der Waals surface area contributed by atoms with Gasteiger partial charge in [0.15, 0.2) is 0 Å². The van der Waals surface area contributed by atoms with Gasteiger partial charge in [-0.05, 0) is 12.5 Å². The molecule has 0 spiro atoms. The van der Waals surface area contributed by atoms with Crippen LogP contribution in [0.25, 0.3) is 0 Å². The fourth-order valence-electron chi connectivity index (χ4n) is 2.19. The average molecular weight is 249 g/mol.